The number of methoxy groups -OCH3 is 1. The van der Waals surface area contributed by atoms with Crippen molar-refractivity contribution in [2.24, 2.45) is 10.2 Å². The molecule has 0 unspecified atom stereocenters. The predicted octanol–water partition coefficient (Wildman–Crippen LogP) is 1.31. The molecule has 1 aliphatic heterocycles. The van der Waals surface area contributed by atoms with Crippen molar-refractivity contribution in [3.8, 4) is 0 Å². The maximum absolute atomic E-state index is 12.1. The molecule has 0 saturated carbocycles. The van der Waals surface area contributed by atoms with Gasteiger partial charge in [0.25, 0.3) is 5.91 Å². The van der Waals surface area contributed by atoms with Crippen LogP contribution < -0.4 is 5.32 Å². The van der Waals surface area contributed by atoms with Crippen LogP contribution in [0, 0.1) is 0 Å². The van der Waals surface area contributed by atoms with Gasteiger partial charge in [-0.3, -0.25) is 4.79 Å². The average molecular weight is 288 g/mol. The number of hydrogen-bond donors (Lipinski definition) is 1. The number of carbonyl (C=O) groups excluding carboxylic acids is 1. The maximum atomic E-state index is 12.1. The summed E-state index contributed by atoms with van der Waals surface area (Å²) in [4.78, 5) is 11.2. The molecule has 0 radical (unpaired) electrons. The summed E-state index contributed by atoms with van der Waals surface area (Å²) in [6, 6.07) is -0.727. The molecule has 9 heteroatoms. The first-order valence-corrected chi connectivity index (χ1v) is 5.78. The van der Waals surface area contributed by atoms with Gasteiger partial charge in [-0.25, -0.2) is 4.39 Å². The lowest BCUT2D eigenvalue weighted by Crippen LogP contribution is -2.44. The maximum Gasteiger partial charge on any atom is 0.251 e. The number of halogens is 3. The number of amides is 1. The zero-order chi connectivity index (χ0) is 12.2. The van der Waals surface area contributed by atoms with Crippen LogP contribution in [0.4, 0.5) is 4.39 Å². The highest BCUT2D eigenvalue weighted by Crippen LogP contribution is 2.34. The van der Waals surface area contributed by atoms with Crippen LogP contribution in [0.25, 0.3) is 0 Å². The van der Waals surface area contributed by atoms with Gasteiger partial charge in [-0.1, -0.05) is 35.0 Å². The Labute approximate surface area is 105 Å². The molecule has 1 aliphatic rings. The molecule has 1 amide bonds. The molecule has 1 N–H and O–H groups in total. The summed E-state index contributed by atoms with van der Waals surface area (Å²) >= 11 is 12.5. The summed E-state index contributed by atoms with van der Waals surface area (Å²) in [5.74, 6) is -0.512. The minimum absolute atomic E-state index is 0.0474. The Kier molecular flexibility index (Phi) is 4.97. The number of rotatable bonds is 3. The molecule has 0 aliphatic carbocycles. The van der Waals surface area contributed by atoms with E-state index in [1.807, 2.05) is 0 Å². The van der Waals surface area contributed by atoms with Crippen LogP contribution in [-0.4, -0.2) is 40.8 Å². The third-order valence-electron chi connectivity index (χ3n) is 1.53. The Balaban J connectivity index is 2.63. The number of hydrogen-bond acceptors (Lipinski definition) is 5. The number of ether oxygens (including phenoxy) is 1. The smallest absolute Gasteiger partial charge is 0.251 e. The third kappa shape index (κ3) is 3.07. The van der Waals surface area contributed by atoms with Crippen LogP contribution in [0.3, 0.4) is 0 Å². The van der Waals surface area contributed by atoms with Crippen molar-refractivity contribution in [2.75, 3.05) is 19.7 Å². The quantitative estimate of drug-likeness (QED) is 0.796. The van der Waals surface area contributed by atoms with Gasteiger partial charge < -0.3 is 10.1 Å². The van der Waals surface area contributed by atoms with E-state index < -0.39 is 16.2 Å². The number of alkyl halides is 3. The second-order valence-electron chi connectivity index (χ2n) is 2.66. The van der Waals surface area contributed by atoms with E-state index in [1.54, 1.807) is 0 Å². The van der Waals surface area contributed by atoms with E-state index in [-0.39, 0.29) is 17.5 Å². The minimum Gasteiger partial charge on any atom is -0.375 e. The number of nitrogens with zero attached hydrogens (tertiary/aromatic N) is 2. The van der Waals surface area contributed by atoms with Crippen molar-refractivity contribution in [2.45, 2.75) is 4.33 Å². The summed E-state index contributed by atoms with van der Waals surface area (Å²) in [5, 5.41) is 9.58. The summed E-state index contributed by atoms with van der Waals surface area (Å²) < 4.78 is 15.1. The van der Waals surface area contributed by atoms with Crippen molar-refractivity contribution >= 4 is 51.8 Å². The van der Waals surface area contributed by atoms with Gasteiger partial charge in [-0.15, -0.1) is 10.2 Å². The minimum atomic E-state index is -1.61. The average Bonchev–Trinajstić information content (AvgIpc) is 2.46. The number of carbonyl (C=O) groups is 1. The highest BCUT2D eigenvalue weighted by atomic mass is 35.5. The van der Waals surface area contributed by atoms with Gasteiger partial charge in [0.15, 0.2) is 5.84 Å². The van der Waals surface area contributed by atoms with Crippen molar-refractivity contribution in [3.05, 3.63) is 0 Å². The molecule has 0 fully saturated rings. The SMILES string of the molecule is COCC(=O)NC1=NN=C(SCF)C1(Cl)Cl. The molecule has 1 rings (SSSR count). The van der Waals surface area contributed by atoms with Crippen LogP contribution in [0.15, 0.2) is 10.2 Å². The van der Waals surface area contributed by atoms with E-state index >= 15 is 0 Å². The third-order valence-corrected chi connectivity index (χ3v) is 3.24. The summed E-state index contributed by atoms with van der Waals surface area (Å²) in [5.41, 5.74) is 0. The Morgan fingerprint density at radius 3 is 2.88 bits per heavy atom. The number of thioether (sulfide) groups is 1. The molecule has 0 saturated heterocycles. The van der Waals surface area contributed by atoms with E-state index in [2.05, 4.69) is 20.3 Å². The van der Waals surface area contributed by atoms with E-state index in [1.165, 1.54) is 7.11 Å². The predicted molar refractivity (Wildman–Crippen MR) is 62.9 cm³/mol. The molecule has 0 spiro atoms. The van der Waals surface area contributed by atoms with E-state index in [0.717, 1.165) is 0 Å². The Bertz CT molecular complexity index is 349. The standard InChI is InChI=1S/C7H8Cl2FN3O2S/c1-15-2-4(14)11-5-7(8,9)6(13-12-5)16-3-10/h2-3H2,1H3,(H,11,12,14). The normalized spacial score (nSPS) is 18.0. The lowest BCUT2D eigenvalue weighted by Gasteiger charge is -2.16. The van der Waals surface area contributed by atoms with Crippen LogP contribution in [0.5, 0.6) is 0 Å². The summed E-state index contributed by atoms with van der Waals surface area (Å²) in [6.07, 6.45) is 0. The fourth-order valence-corrected chi connectivity index (χ4v) is 1.95. The van der Waals surface area contributed by atoms with Gasteiger partial charge in [-0.05, 0) is 0 Å². The largest absolute Gasteiger partial charge is 0.375 e. The molecular formula is C7H8Cl2FN3O2S. The molecule has 0 aromatic rings. The Hall–Kier alpha value is -0.370. The first-order valence-electron chi connectivity index (χ1n) is 4.04. The summed E-state index contributed by atoms with van der Waals surface area (Å²) in [6.45, 7) is -0.158. The number of nitrogens with one attached hydrogen (secondary N) is 1. The topological polar surface area (TPSA) is 63.0 Å². The van der Waals surface area contributed by atoms with Crippen LogP contribution >= 0.6 is 35.0 Å². The molecule has 0 aromatic heterocycles. The van der Waals surface area contributed by atoms with Crippen molar-refractivity contribution < 1.29 is 13.9 Å². The van der Waals surface area contributed by atoms with Crippen molar-refractivity contribution in [1.29, 1.82) is 0 Å². The highest BCUT2D eigenvalue weighted by molar-refractivity contribution is 8.14. The van der Waals surface area contributed by atoms with Gasteiger partial charge in [-0.2, -0.15) is 0 Å². The van der Waals surface area contributed by atoms with Gasteiger partial charge in [0, 0.05) is 7.11 Å². The second kappa shape index (κ2) is 5.81. The Morgan fingerprint density at radius 2 is 2.31 bits per heavy atom. The molecule has 90 valence electrons. The van der Waals surface area contributed by atoms with Crippen LogP contribution in [0.1, 0.15) is 0 Å². The van der Waals surface area contributed by atoms with Crippen molar-refractivity contribution in [3.63, 3.8) is 0 Å². The monoisotopic (exact) mass is 287 g/mol. The molecular weight excluding hydrogens is 280 g/mol. The molecule has 1 heterocycles. The van der Waals surface area contributed by atoms with Crippen molar-refractivity contribution in [1.82, 2.24) is 5.32 Å². The zero-order valence-electron chi connectivity index (χ0n) is 8.17. The lowest BCUT2D eigenvalue weighted by molar-refractivity contribution is -0.123. The highest BCUT2D eigenvalue weighted by Gasteiger charge is 2.42. The molecule has 5 nitrogen and oxygen atoms in total. The first kappa shape index (κ1) is 13.7. The van der Waals surface area contributed by atoms with Gasteiger partial charge in [0.1, 0.15) is 17.7 Å². The van der Waals surface area contributed by atoms with E-state index in [0.29, 0.717) is 11.8 Å². The number of amidine groups is 1. The molecule has 16 heavy (non-hydrogen) atoms. The first-order chi connectivity index (χ1) is 7.52. The lowest BCUT2D eigenvalue weighted by atomic mass is 10.4. The van der Waals surface area contributed by atoms with Gasteiger partial charge >= 0.3 is 0 Å². The zero-order valence-corrected chi connectivity index (χ0v) is 10.5. The summed E-state index contributed by atoms with van der Waals surface area (Å²) in [7, 11) is 1.37. The molecule has 0 atom stereocenters. The fraction of sp³-hybridized carbons (Fsp3) is 0.571. The van der Waals surface area contributed by atoms with Crippen LogP contribution in [-0.2, 0) is 9.53 Å². The second-order valence-corrected chi connectivity index (χ2v) is 4.88. The van der Waals surface area contributed by atoms with Gasteiger partial charge in [0.2, 0.25) is 4.33 Å². The fourth-order valence-electron chi connectivity index (χ4n) is 0.896. The Morgan fingerprint density at radius 1 is 1.62 bits per heavy atom. The molecule has 0 aromatic carbocycles. The van der Waals surface area contributed by atoms with Gasteiger partial charge in [0.05, 0.1) is 0 Å². The van der Waals surface area contributed by atoms with E-state index in [9.17, 15) is 9.18 Å². The van der Waals surface area contributed by atoms with E-state index in [4.69, 9.17) is 23.2 Å². The van der Waals surface area contributed by atoms with Crippen LogP contribution in [0.2, 0.25) is 0 Å². The molecule has 0 bridgehead atoms.